The van der Waals surface area contributed by atoms with Crippen molar-refractivity contribution < 1.29 is 14.3 Å². The summed E-state index contributed by atoms with van der Waals surface area (Å²) in [5.74, 6) is -0.886. The van der Waals surface area contributed by atoms with Gasteiger partial charge in [0.2, 0.25) is 0 Å². The van der Waals surface area contributed by atoms with Crippen LogP contribution in [0.15, 0.2) is 18.7 Å². The van der Waals surface area contributed by atoms with Crippen molar-refractivity contribution in [2.24, 2.45) is 0 Å². The van der Waals surface area contributed by atoms with E-state index in [0.29, 0.717) is 0 Å². The number of aromatic amines is 1. The normalized spacial score (nSPS) is 10.1. The molecule has 0 aromatic carbocycles. The maximum absolute atomic E-state index is 12.2. The van der Waals surface area contributed by atoms with Gasteiger partial charge in [0, 0.05) is 6.54 Å². The zero-order valence-corrected chi connectivity index (χ0v) is 11.9. The number of amides is 1. The minimum Gasteiger partial charge on any atom is -0.465 e. The van der Waals surface area contributed by atoms with Gasteiger partial charge in [-0.25, -0.2) is 0 Å². The molecule has 0 fully saturated rings. The van der Waals surface area contributed by atoms with Crippen LogP contribution in [0.3, 0.4) is 0 Å². The molecule has 0 atom stereocenters. The number of carbonyl (C=O) groups excluding carboxylic acids is 2. The van der Waals surface area contributed by atoms with Crippen LogP contribution in [-0.2, 0) is 9.53 Å². The second kappa shape index (κ2) is 7.21. The van der Waals surface area contributed by atoms with Crippen LogP contribution in [0.4, 0.5) is 0 Å². The highest BCUT2D eigenvalue weighted by Gasteiger charge is 2.20. The number of esters is 1. The Kier molecular flexibility index (Phi) is 5.92. The van der Waals surface area contributed by atoms with E-state index in [-0.39, 0.29) is 35.6 Å². The highest BCUT2D eigenvalue weighted by molar-refractivity contribution is 6.41. The molecule has 19 heavy (non-hydrogen) atoms. The van der Waals surface area contributed by atoms with Crippen LogP contribution in [0.1, 0.15) is 17.4 Å². The van der Waals surface area contributed by atoms with E-state index in [4.69, 9.17) is 27.9 Å². The molecule has 104 valence electrons. The molecule has 1 rings (SSSR count). The lowest BCUT2D eigenvalue weighted by atomic mass is 10.3. The van der Waals surface area contributed by atoms with Crippen molar-refractivity contribution in [2.45, 2.75) is 6.92 Å². The topological polar surface area (TPSA) is 62.4 Å². The number of carbonyl (C=O) groups is 2. The SMILES string of the molecule is C=CCN(CC(=O)OCC)C(=O)c1cc(Cl)c(Cl)[nH]1. The van der Waals surface area contributed by atoms with E-state index >= 15 is 0 Å². The van der Waals surface area contributed by atoms with Gasteiger partial charge in [0.1, 0.15) is 17.4 Å². The number of hydrogen-bond donors (Lipinski definition) is 1. The minimum absolute atomic E-state index is 0.160. The molecule has 0 aliphatic rings. The number of hydrogen-bond acceptors (Lipinski definition) is 3. The number of halogens is 2. The molecule has 1 aromatic rings. The fourth-order valence-corrected chi connectivity index (χ4v) is 1.74. The van der Waals surface area contributed by atoms with Crippen LogP contribution in [0.25, 0.3) is 0 Å². The molecule has 0 saturated carbocycles. The Labute approximate surface area is 121 Å². The molecule has 1 N–H and O–H groups in total. The van der Waals surface area contributed by atoms with E-state index in [1.54, 1.807) is 6.92 Å². The predicted octanol–water partition coefficient (Wildman–Crippen LogP) is 2.51. The molecule has 0 aliphatic carbocycles. The molecule has 1 aromatic heterocycles. The summed E-state index contributed by atoms with van der Waals surface area (Å²) in [5.41, 5.74) is 0.209. The van der Waals surface area contributed by atoms with Crippen LogP contribution in [0, 0.1) is 0 Å². The van der Waals surface area contributed by atoms with Gasteiger partial charge in [0.15, 0.2) is 0 Å². The molecule has 5 nitrogen and oxygen atoms in total. The smallest absolute Gasteiger partial charge is 0.325 e. The lowest BCUT2D eigenvalue weighted by molar-refractivity contribution is -0.143. The van der Waals surface area contributed by atoms with Gasteiger partial charge in [-0.15, -0.1) is 6.58 Å². The highest BCUT2D eigenvalue weighted by atomic mass is 35.5. The monoisotopic (exact) mass is 304 g/mol. The maximum atomic E-state index is 12.2. The summed E-state index contributed by atoms with van der Waals surface area (Å²) >= 11 is 11.5. The molecule has 0 spiro atoms. The summed E-state index contributed by atoms with van der Waals surface area (Å²) < 4.78 is 4.80. The molecular weight excluding hydrogens is 291 g/mol. The number of nitrogens with one attached hydrogen (secondary N) is 1. The van der Waals surface area contributed by atoms with Crippen LogP contribution < -0.4 is 0 Å². The van der Waals surface area contributed by atoms with E-state index in [2.05, 4.69) is 11.6 Å². The molecule has 1 amide bonds. The van der Waals surface area contributed by atoms with E-state index in [0.717, 1.165) is 0 Å². The Bertz CT molecular complexity index is 466. The Morgan fingerprint density at radius 1 is 1.53 bits per heavy atom. The first-order chi connectivity index (χ1) is 8.99. The van der Waals surface area contributed by atoms with Gasteiger partial charge in [0.05, 0.1) is 11.6 Å². The molecule has 0 aliphatic heterocycles. The average molecular weight is 305 g/mol. The summed E-state index contributed by atoms with van der Waals surface area (Å²) in [5, 5.41) is 0.430. The first kappa shape index (κ1) is 15.6. The average Bonchev–Trinajstić information content (AvgIpc) is 2.68. The zero-order valence-electron chi connectivity index (χ0n) is 10.4. The van der Waals surface area contributed by atoms with Gasteiger partial charge in [0.25, 0.3) is 5.91 Å². The summed E-state index contributed by atoms with van der Waals surface area (Å²) in [6.07, 6.45) is 1.52. The number of nitrogens with zero attached hydrogens (tertiary/aromatic N) is 1. The van der Waals surface area contributed by atoms with Crippen LogP contribution >= 0.6 is 23.2 Å². The Hall–Kier alpha value is -1.46. The van der Waals surface area contributed by atoms with Gasteiger partial charge >= 0.3 is 5.97 Å². The van der Waals surface area contributed by atoms with Gasteiger partial charge < -0.3 is 14.6 Å². The molecule has 1 heterocycles. The Morgan fingerprint density at radius 3 is 2.68 bits per heavy atom. The van der Waals surface area contributed by atoms with Crippen molar-refractivity contribution in [3.05, 3.63) is 34.6 Å². The van der Waals surface area contributed by atoms with E-state index in [1.807, 2.05) is 0 Å². The lowest BCUT2D eigenvalue weighted by Gasteiger charge is -2.19. The molecular formula is C12H14Cl2N2O3. The van der Waals surface area contributed by atoms with Gasteiger partial charge in [-0.05, 0) is 13.0 Å². The largest absolute Gasteiger partial charge is 0.465 e. The van der Waals surface area contributed by atoms with E-state index in [1.165, 1.54) is 17.0 Å². The first-order valence-electron chi connectivity index (χ1n) is 5.59. The Morgan fingerprint density at radius 2 is 2.21 bits per heavy atom. The van der Waals surface area contributed by atoms with Gasteiger partial charge in [-0.2, -0.15) is 0 Å². The quantitative estimate of drug-likeness (QED) is 0.649. The van der Waals surface area contributed by atoms with Crippen molar-refractivity contribution >= 4 is 35.1 Å². The standard InChI is InChI=1S/C12H14Cl2N2O3/c1-3-5-16(7-10(17)19-4-2)12(18)9-6-8(13)11(14)15-9/h3,6,15H,1,4-5,7H2,2H3. The molecule has 0 saturated heterocycles. The Balaban J connectivity index is 2.83. The van der Waals surface area contributed by atoms with Gasteiger partial charge in [-0.3, -0.25) is 9.59 Å². The van der Waals surface area contributed by atoms with Crippen LogP contribution in [0.5, 0.6) is 0 Å². The minimum atomic E-state index is -0.485. The predicted molar refractivity (Wildman–Crippen MR) is 73.5 cm³/mol. The van der Waals surface area contributed by atoms with E-state index < -0.39 is 11.9 Å². The van der Waals surface area contributed by atoms with Crippen molar-refractivity contribution in [1.29, 1.82) is 0 Å². The number of ether oxygens (including phenoxy) is 1. The van der Waals surface area contributed by atoms with Gasteiger partial charge in [-0.1, -0.05) is 29.3 Å². The third-order valence-corrected chi connectivity index (χ3v) is 2.91. The molecule has 0 unspecified atom stereocenters. The first-order valence-corrected chi connectivity index (χ1v) is 6.35. The number of rotatable bonds is 6. The molecule has 0 bridgehead atoms. The van der Waals surface area contributed by atoms with Crippen molar-refractivity contribution in [3.8, 4) is 0 Å². The third kappa shape index (κ3) is 4.29. The van der Waals surface area contributed by atoms with Crippen molar-refractivity contribution in [3.63, 3.8) is 0 Å². The summed E-state index contributed by atoms with van der Waals surface area (Å²) in [4.78, 5) is 27.5. The zero-order chi connectivity index (χ0) is 14.4. The van der Waals surface area contributed by atoms with E-state index in [9.17, 15) is 9.59 Å². The second-order valence-electron chi connectivity index (χ2n) is 3.62. The summed E-state index contributed by atoms with van der Waals surface area (Å²) in [6.45, 7) is 5.55. The van der Waals surface area contributed by atoms with Crippen LogP contribution in [0.2, 0.25) is 10.2 Å². The third-order valence-electron chi connectivity index (χ3n) is 2.22. The number of H-pyrrole nitrogens is 1. The second-order valence-corrected chi connectivity index (χ2v) is 4.41. The van der Waals surface area contributed by atoms with Crippen molar-refractivity contribution in [2.75, 3.05) is 19.7 Å². The lowest BCUT2D eigenvalue weighted by Crippen LogP contribution is -2.36. The fourth-order valence-electron chi connectivity index (χ4n) is 1.43. The number of aromatic nitrogens is 1. The highest BCUT2D eigenvalue weighted by Crippen LogP contribution is 2.22. The summed E-state index contributed by atoms with van der Waals surface area (Å²) in [6, 6.07) is 1.41. The van der Waals surface area contributed by atoms with Crippen LogP contribution in [-0.4, -0.2) is 41.5 Å². The molecule has 7 heteroatoms. The maximum Gasteiger partial charge on any atom is 0.325 e. The fraction of sp³-hybridized carbons (Fsp3) is 0.333. The van der Waals surface area contributed by atoms with Crippen molar-refractivity contribution in [1.82, 2.24) is 9.88 Å². The molecule has 0 radical (unpaired) electrons. The summed E-state index contributed by atoms with van der Waals surface area (Å²) in [7, 11) is 0.